The molecule has 10 heteroatoms. The summed E-state index contributed by atoms with van der Waals surface area (Å²) in [5.41, 5.74) is 2.39. The van der Waals surface area contributed by atoms with Crippen LogP contribution in [0.3, 0.4) is 0 Å². The number of anilines is 1. The van der Waals surface area contributed by atoms with Gasteiger partial charge < -0.3 is 19.7 Å². The van der Waals surface area contributed by atoms with E-state index in [0.717, 1.165) is 22.3 Å². The van der Waals surface area contributed by atoms with Gasteiger partial charge in [0.15, 0.2) is 0 Å². The standard InChI is InChI=1S/C24H25F3N4O3/c1-15-20-8-7-19(33-2)13-21(20)30-23(29-15)31-11-9-17(10-12-31)22(32)28-14-16-3-5-18(6-4-16)34-24(25,26)27/h3-8,13,17H,9-12,14H2,1-2H3,(H,28,32). The maximum atomic E-state index is 12.6. The summed E-state index contributed by atoms with van der Waals surface area (Å²) in [6, 6.07) is 11.2. The van der Waals surface area contributed by atoms with Crippen LogP contribution in [-0.2, 0) is 11.3 Å². The number of hydrogen-bond acceptors (Lipinski definition) is 6. The molecule has 1 aromatic heterocycles. The lowest BCUT2D eigenvalue weighted by Crippen LogP contribution is -2.41. The Morgan fingerprint density at radius 2 is 1.76 bits per heavy atom. The first-order valence-corrected chi connectivity index (χ1v) is 10.9. The highest BCUT2D eigenvalue weighted by atomic mass is 19.4. The molecule has 0 atom stereocenters. The minimum absolute atomic E-state index is 0.0735. The molecule has 0 bridgehead atoms. The van der Waals surface area contributed by atoms with Crippen LogP contribution in [0, 0.1) is 12.8 Å². The lowest BCUT2D eigenvalue weighted by Gasteiger charge is -2.31. The van der Waals surface area contributed by atoms with Crippen molar-refractivity contribution in [3.8, 4) is 11.5 Å². The van der Waals surface area contributed by atoms with E-state index in [9.17, 15) is 18.0 Å². The number of aromatic nitrogens is 2. The second kappa shape index (κ2) is 9.74. The summed E-state index contributed by atoms with van der Waals surface area (Å²) in [7, 11) is 1.61. The van der Waals surface area contributed by atoms with Gasteiger partial charge in [-0.05, 0) is 49.6 Å². The molecule has 1 fully saturated rings. The summed E-state index contributed by atoms with van der Waals surface area (Å²) in [6.45, 7) is 3.48. The van der Waals surface area contributed by atoms with E-state index in [4.69, 9.17) is 9.72 Å². The van der Waals surface area contributed by atoms with Crippen LogP contribution in [0.5, 0.6) is 11.5 Å². The molecule has 1 N–H and O–H groups in total. The predicted octanol–water partition coefficient (Wildman–Crippen LogP) is 4.38. The maximum Gasteiger partial charge on any atom is 0.573 e. The number of nitrogens with zero attached hydrogens (tertiary/aromatic N) is 3. The summed E-state index contributed by atoms with van der Waals surface area (Å²) in [4.78, 5) is 24.0. The van der Waals surface area contributed by atoms with Gasteiger partial charge in [0, 0.05) is 37.0 Å². The minimum Gasteiger partial charge on any atom is -0.497 e. The van der Waals surface area contributed by atoms with Crippen molar-refractivity contribution < 1.29 is 27.4 Å². The molecular weight excluding hydrogens is 449 g/mol. The summed E-state index contributed by atoms with van der Waals surface area (Å²) in [6.07, 6.45) is -3.42. The molecule has 0 radical (unpaired) electrons. The van der Waals surface area contributed by atoms with Crippen LogP contribution < -0.4 is 19.7 Å². The summed E-state index contributed by atoms with van der Waals surface area (Å²) in [5, 5.41) is 3.84. The van der Waals surface area contributed by atoms with Gasteiger partial charge in [-0.1, -0.05) is 12.1 Å². The number of methoxy groups -OCH3 is 1. The lowest BCUT2D eigenvalue weighted by molar-refractivity contribution is -0.274. The number of nitrogens with one attached hydrogen (secondary N) is 1. The van der Waals surface area contributed by atoms with Crippen LogP contribution in [0.15, 0.2) is 42.5 Å². The second-order valence-corrected chi connectivity index (χ2v) is 8.16. The zero-order valence-corrected chi connectivity index (χ0v) is 18.9. The van der Waals surface area contributed by atoms with Gasteiger partial charge in [0.25, 0.3) is 0 Å². The third-order valence-electron chi connectivity index (χ3n) is 5.86. The number of hydrogen-bond donors (Lipinski definition) is 1. The van der Waals surface area contributed by atoms with E-state index in [0.29, 0.717) is 37.4 Å². The molecule has 34 heavy (non-hydrogen) atoms. The molecule has 1 aliphatic heterocycles. The average molecular weight is 474 g/mol. The first-order chi connectivity index (χ1) is 16.2. The number of halogens is 3. The van der Waals surface area contributed by atoms with Gasteiger partial charge in [-0.2, -0.15) is 0 Å². The van der Waals surface area contributed by atoms with Crippen LogP contribution in [0.1, 0.15) is 24.1 Å². The molecular formula is C24H25F3N4O3. The Bertz CT molecular complexity index is 1160. The molecule has 0 aliphatic carbocycles. The van der Waals surface area contributed by atoms with Crippen LogP contribution in [0.2, 0.25) is 0 Å². The topological polar surface area (TPSA) is 76.6 Å². The van der Waals surface area contributed by atoms with Crippen molar-refractivity contribution in [2.75, 3.05) is 25.1 Å². The van der Waals surface area contributed by atoms with Crippen molar-refractivity contribution in [1.82, 2.24) is 15.3 Å². The Morgan fingerprint density at radius 1 is 1.09 bits per heavy atom. The van der Waals surface area contributed by atoms with E-state index in [1.807, 2.05) is 25.1 Å². The Labute approximate surface area is 194 Å². The van der Waals surface area contributed by atoms with Gasteiger partial charge in [-0.25, -0.2) is 9.97 Å². The number of piperidine rings is 1. The predicted molar refractivity (Wildman–Crippen MR) is 121 cm³/mol. The number of fused-ring (bicyclic) bond motifs is 1. The molecule has 2 heterocycles. The van der Waals surface area contributed by atoms with E-state index in [1.165, 1.54) is 24.3 Å². The molecule has 0 saturated carbocycles. The van der Waals surface area contributed by atoms with E-state index in [2.05, 4.69) is 19.9 Å². The van der Waals surface area contributed by atoms with Gasteiger partial charge in [-0.3, -0.25) is 4.79 Å². The van der Waals surface area contributed by atoms with Crippen LogP contribution in [-0.4, -0.2) is 42.4 Å². The van der Waals surface area contributed by atoms with Gasteiger partial charge in [0.05, 0.1) is 18.3 Å². The first kappa shape index (κ1) is 23.6. The van der Waals surface area contributed by atoms with E-state index in [1.54, 1.807) is 7.11 Å². The number of benzene rings is 2. The SMILES string of the molecule is COc1ccc2c(C)nc(N3CCC(C(=O)NCc4ccc(OC(F)(F)F)cc4)CC3)nc2c1. The number of rotatable bonds is 6. The fourth-order valence-corrected chi connectivity index (χ4v) is 4.01. The number of carbonyl (C=O) groups is 1. The molecule has 1 amide bonds. The molecule has 1 saturated heterocycles. The smallest absolute Gasteiger partial charge is 0.497 e. The van der Waals surface area contributed by atoms with Crippen molar-refractivity contribution in [3.63, 3.8) is 0 Å². The van der Waals surface area contributed by atoms with E-state index in [-0.39, 0.29) is 24.1 Å². The van der Waals surface area contributed by atoms with Crippen molar-refractivity contribution in [3.05, 3.63) is 53.7 Å². The van der Waals surface area contributed by atoms with Crippen LogP contribution in [0.25, 0.3) is 10.9 Å². The van der Waals surface area contributed by atoms with E-state index >= 15 is 0 Å². The third-order valence-corrected chi connectivity index (χ3v) is 5.86. The zero-order valence-electron chi connectivity index (χ0n) is 18.9. The largest absolute Gasteiger partial charge is 0.573 e. The van der Waals surface area contributed by atoms with Gasteiger partial charge in [0.2, 0.25) is 11.9 Å². The molecule has 3 aromatic rings. The van der Waals surface area contributed by atoms with E-state index < -0.39 is 6.36 Å². The zero-order chi connectivity index (χ0) is 24.3. The summed E-state index contributed by atoms with van der Waals surface area (Å²) in [5.74, 6) is 0.855. The fraction of sp³-hybridized carbons (Fsp3) is 0.375. The van der Waals surface area contributed by atoms with Gasteiger partial charge in [-0.15, -0.1) is 13.2 Å². The van der Waals surface area contributed by atoms with Crippen molar-refractivity contribution in [2.45, 2.75) is 32.7 Å². The molecule has 4 rings (SSSR count). The minimum atomic E-state index is -4.73. The normalized spacial score (nSPS) is 14.8. The molecule has 1 aliphatic rings. The molecule has 0 unspecified atom stereocenters. The highest BCUT2D eigenvalue weighted by molar-refractivity contribution is 5.83. The molecule has 7 nitrogen and oxygen atoms in total. The number of amides is 1. The number of ether oxygens (including phenoxy) is 2. The Balaban J connectivity index is 1.31. The highest BCUT2D eigenvalue weighted by Gasteiger charge is 2.31. The molecule has 0 spiro atoms. The Morgan fingerprint density at radius 3 is 2.41 bits per heavy atom. The highest BCUT2D eigenvalue weighted by Crippen LogP contribution is 2.27. The van der Waals surface area contributed by atoms with Gasteiger partial charge >= 0.3 is 6.36 Å². The number of alkyl halides is 3. The van der Waals surface area contributed by atoms with Crippen molar-refractivity contribution in [1.29, 1.82) is 0 Å². The first-order valence-electron chi connectivity index (χ1n) is 10.9. The summed E-state index contributed by atoms with van der Waals surface area (Å²) < 4.78 is 45.9. The van der Waals surface area contributed by atoms with Crippen molar-refractivity contribution >= 4 is 22.8 Å². The maximum absolute atomic E-state index is 12.6. The second-order valence-electron chi connectivity index (χ2n) is 8.16. The Kier molecular flexibility index (Phi) is 6.76. The van der Waals surface area contributed by atoms with Gasteiger partial charge in [0.1, 0.15) is 11.5 Å². The Hall–Kier alpha value is -3.56. The average Bonchev–Trinajstić information content (AvgIpc) is 2.82. The van der Waals surface area contributed by atoms with Crippen LogP contribution in [0.4, 0.5) is 19.1 Å². The van der Waals surface area contributed by atoms with Crippen LogP contribution >= 0.6 is 0 Å². The monoisotopic (exact) mass is 474 g/mol. The van der Waals surface area contributed by atoms with Crippen molar-refractivity contribution in [2.24, 2.45) is 5.92 Å². The number of carbonyl (C=O) groups excluding carboxylic acids is 1. The third kappa shape index (κ3) is 5.67. The quantitative estimate of drug-likeness (QED) is 0.572. The summed E-state index contributed by atoms with van der Waals surface area (Å²) >= 11 is 0. The molecule has 180 valence electrons. The fourth-order valence-electron chi connectivity index (χ4n) is 4.01. The molecule has 2 aromatic carbocycles. The lowest BCUT2D eigenvalue weighted by atomic mass is 9.96. The number of aryl methyl sites for hydroxylation is 1.